The zero-order valence-electron chi connectivity index (χ0n) is 16.7. The van der Waals surface area contributed by atoms with Crippen LogP contribution in [0.15, 0.2) is 84.5 Å². The van der Waals surface area contributed by atoms with Gasteiger partial charge < -0.3 is 5.32 Å². The lowest BCUT2D eigenvalue weighted by molar-refractivity contribution is 0.631. The summed E-state index contributed by atoms with van der Waals surface area (Å²) in [6.45, 7) is 13.7. The van der Waals surface area contributed by atoms with Gasteiger partial charge in [0.25, 0.3) is 0 Å². The van der Waals surface area contributed by atoms with Gasteiger partial charge in [-0.2, -0.15) is 0 Å². The van der Waals surface area contributed by atoms with Gasteiger partial charge in [0.2, 0.25) is 0 Å². The van der Waals surface area contributed by atoms with Gasteiger partial charge in [-0.15, -0.1) is 6.58 Å². The first-order valence-electron chi connectivity index (χ1n) is 9.19. The molecule has 0 aliphatic carbocycles. The van der Waals surface area contributed by atoms with Crippen molar-refractivity contribution in [1.29, 1.82) is 0 Å². The molecular weight excluding hydrogens is 332 g/mol. The van der Waals surface area contributed by atoms with E-state index in [1.807, 2.05) is 52.0 Å². The predicted octanol–water partition coefficient (Wildman–Crippen LogP) is 5.94. The number of rotatable bonds is 7. The molecule has 0 heterocycles. The Morgan fingerprint density at radius 3 is 2.56 bits per heavy atom. The predicted molar refractivity (Wildman–Crippen MR) is 119 cm³/mol. The molecule has 2 aromatic rings. The van der Waals surface area contributed by atoms with Gasteiger partial charge in [-0.05, 0) is 60.2 Å². The van der Waals surface area contributed by atoms with Gasteiger partial charge >= 0.3 is 0 Å². The van der Waals surface area contributed by atoms with Gasteiger partial charge in [0.05, 0.1) is 5.69 Å². The number of benzene rings is 2. The number of hydrogen-bond acceptors (Lipinski definition) is 1. The largest absolute Gasteiger partial charge is 0.356 e. The topological polar surface area (TPSA) is 12.0 Å². The highest BCUT2D eigenvalue weighted by Gasteiger charge is 2.11. The highest BCUT2D eigenvalue weighted by Crippen LogP contribution is 2.30. The Balaban J connectivity index is 2.43. The SMILES string of the molecule is BC(=C)C(/C=C\C=C)=C(/C)Nc1c(C)cc(-c2cccc(CC)c2)cc1F. The molecule has 0 aliphatic heterocycles. The summed E-state index contributed by atoms with van der Waals surface area (Å²) < 4.78 is 14.9. The van der Waals surface area contributed by atoms with Crippen LogP contribution in [0.1, 0.15) is 25.0 Å². The summed E-state index contributed by atoms with van der Waals surface area (Å²) in [5, 5.41) is 3.23. The normalized spacial score (nSPS) is 12.0. The van der Waals surface area contributed by atoms with E-state index in [1.165, 1.54) is 5.56 Å². The minimum Gasteiger partial charge on any atom is -0.356 e. The third-order valence-electron chi connectivity index (χ3n) is 4.53. The van der Waals surface area contributed by atoms with Crippen LogP contribution in [-0.4, -0.2) is 7.85 Å². The second-order valence-corrected chi connectivity index (χ2v) is 6.74. The lowest BCUT2D eigenvalue weighted by Gasteiger charge is -2.16. The van der Waals surface area contributed by atoms with E-state index in [4.69, 9.17) is 0 Å². The first-order chi connectivity index (χ1) is 12.9. The number of hydrogen-bond donors (Lipinski definition) is 1. The molecule has 1 nitrogen and oxygen atoms in total. The molecule has 2 aromatic carbocycles. The number of nitrogens with one attached hydrogen (secondary N) is 1. The first-order valence-corrected chi connectivity index (χ1v) is 9.19. The molecule has 0 bridgehead atoms. The van der Waals surface area contributed by atoms with Crippen molar-refractivity contribution in [2.45, 2.75) is 27.2 Å². The van der Waals surface area contributed by atoms with Gasteiger partial charge in [-0.25, -0.2) is 4.39 Å². The Hall–Kier alpha value is -2.81. The van der Waals surface area contributed by atoms with Crippen molar-refractivity contribution >= 4 is 13.5 Å². The summed E-state index contributed by atoms with van der Waals surface area (Å²) in [7, 11) is 1.93. The second-order valence-electron chi connectivity index (χ2n) is 6.74. The Bertz CT molecular complexity index is 899. The van der Waals surface area contributed by atoms with Gasteiger partial charge in [-0.3, -0.25) is 0 Å². The third-order valence-corrected chi connectivity index (χ3v) is 4.53. The molecule has 0 aliphatic rings. The monoisotopic (exact) mass is 359 g/mol. The molecule has 3 heteroatoms. The first kappa shape index (κ1) is 20.5. The van der Waals surface area contributed by atoms with Crippen molar-refractivity contribution in [3.63, 3.8) is 0 Å². The summed E-state index contributed by atoms with van der Waals surface area (Å²) in [6.07, 6.45) is 6.44. The maximum atomic E-state index is 14.9. The van der Waals surface area contributed by atoms with Crippen LogP contribution in [0.25, 0.3) is 11.1 Å². The smallest absolute Gasteiger partial charge is 0.147 e. The van der Waals surface area contributed by atoms with E-state index in [0.29, 0.717) is 5.69 Å². The van der Waals surface area contributed by atoms with E-state index in [1.54, 1.807) is 12.1 Å². The molecule has 0 aromatic heterocycles. The van der Waals surface area contributed by atoms with Gasteiger partial charge in [0.15, 0.2) is 0 Å². The molecule has 0 saturated carbocycles. The van der Waals surface area contributed by atoms with Gasteiger partial charge in [-0.1, -0.05) is 61.5 Å². The van der Waals surface area contributed by atoms with Crippen LogP contribution in [0.3, 0.4) is 0 Å². The Kier molecular flexibility index (Phi) is 7.01. The zero-order chi connectivity index (χ0) is 20.0. The van der Waals surface area contributed by atoms with Crippen molar-refractivity contribution in [3.8, 4) is 11.1 Å². The van der Waals surface area contributed by atoms with Gasteiger partial charge in [0.1, 0.15) is 13.7 Å². The molecule has 0 unspecified atom stereocenters. The summed E-state index contributed by atoms with van der Waals surface area (Å²) in [5.41, 5.74) is 7.21. The fourth-order valence-electron chi connectivity index (χ4n) is 3.05. The van der Waals surface area contributed by atoms with E-state index in [0.717, 1.165) is 39.9 Å². The molecule has 0 amide bonds. The molecule has 27 heavy (non-hydrogen) atoms. The number of anilines is 1. The maximum Gasteiger partial charge on any atom is 0.147 e. The van der Waals surface area contributed by atoms with Gasteiger partial charge in [0, 0.05) is 5.70 Å². The van der Waals surface area contributed by atoms with Crippen LogP contribution in [0.2, 0.25) is 0 Å². The fraction of sp³-hybridized carbons (Fsp3) is 0.167. The zero-order valence-corrected chi connectivity index (χ0v) is 16.7. The van der Waals surface area contributed by atoms with Crippen LogP contribution >= 0.6 is 0 Å². The maximum absolute atomic E-state index is 14.9. The Morgan fingerprint density at radius 2 is 1.96 bits per heavy atom. The fourth-order valence-corrected chi connectivity index (χ4v) is 3.05. The van der Waals surface area contributed by atoms with Crippen molar-refractivity contribution in [1.82, 2.24) is 0 Å². The van der Waals surface area contributed by atoms with E-state index in [9.17, 15) is 4.39 Å². The standard InChI is InChI=1S/C24H27BFN/c1-6-8-12-22(17(4)25)18(5)27-24-16(3)13-21(15-23(24)26)20-11-9-10-19(7-2)14-20/h6,8-15,27H,1,4,7,25H2,2-3,5H3/b12-8-,22-18-. The minimum absolute atomic E-state index is 0.264. The van der Waals surface area contributed by atoms with Crippen molar-refractivity contribution in [2.24, 2.45) is 0 Å². The van der Waals surface area contributed by atoms with Crippen molar-refractivity contribution < 1.29 is 4.39 Å². The molecular formula is C24H27BFN. The van der Waals surface area contributed by atoms with Crippen LogP contribution in [-0.2, 0) is 6.42 Å². The summed E-state index contributed by atoms with van der Waals surface area (Å²) in [6, 6.07) is 11.9. The Labute approximate surface area is 163 Å². The van der Waals surface area contributed by atoms with E-state index in [-0.39, 0.29) is 5.82 Å². The highest BCUT2D eigenvalue weighted by atomic mass is 19.1. The van der Waals surface area contributed by atoms with Crippen molar-refractivity contribution in [3.05, 3.63) is 101 Å². The van der Waals surface area contributed by atoms with E-state index in [2.05, 4.69) is 37.5 Å². The molecule has 0 radical (unpaired) electrons. The second kappa shape index (κ2) is 9.22. The quantitative estimate of drug-likeness (QED) is 0.477. The number of allylic oxidation sites excluding steroid dienone is 6. The summed E-state index contributed by atoms with van der Waals surface area (Å²) >= 11 is 0. The summed E-state index contributed by atoms with van der Waals surface area (Å²) in [4.78, 5) is 0. The van der Waals surface area contributed by atoms with Crippen LogP contribution in [0.4, 0.5) is 10.1 Å². The molecule has 2 rings (SSSR count). The van der Waals surface area contributed by atoms with Crippen LogP contribution in [0, 0.1) is 12.7 Å². The molecule has 1 N–H and O–H groups in total. The molecule has 0 saturated heterocycles. The van der Waals surface area contributed by atoms with E-state index < -0.39 is 0 Å². The number of aryl methyl sites for hydroxylation is 2. The average Bonchev–Trinajstić information content (AvgIpc) is 2.64. The minimum atomic E-state index is -0.264. The van der Waals surface area contributed by atoms with E-state index >= 15 is 0 Å². The summed E-state index contributed by atoms with van der Waals surface area (Å²) in [5.74, 6) is -0.264. The lowest BCUT2D eigenvalue weighted by Crippen LogP contribution is -2.05. The average molecular weight is 359 g/mol. The third kappa shape index (κ3) is 5.10. The molecule has 0 spiro atoms. The Morgan fingerprint density at radius 1 is 1.22 bits per heavy atom. The molecule has 138 valence electrons. The highest BCUT2D eigenvalue weighted by molar-refractivity contribution is 6.24. The lowest BCUT2D eigenvalue weighted by atomic mass is 9.88. The van der Waals surface area contributed by atoms with Crippen molar-refractivity contribution in [2.75, 3.05) is 5.32 Å². The van der Waals surface area contributed by atoms with Crippen LogP contribution in [0.5, 0.6) is 0 Å². The van der Waals surface area contributed by atoms with Crippen LogP contribution < -0.4 is 5.32 Å². The molecule has 0 fully saturated rings. The molecule has 0 atom stereocenters. The number of halogens is 1.